The topological polar surface area (TPSA) is 9.23 Å². The van der Waals surface area contributed by atoms with Gasteiger partial charge in [0.15, 0.2) is 0 Å². The molecule has 0 fully saturated rings. The zero-order valence-corrected chi connectivity index (χ0v) is 6.83. The van der Waals surface area contributed by atoms with E-state index in [2.05, 4.69) is 12.6 Å². The molecule has 0 spiro atoms. The van der Waals surface area contributed by atoms with E-state index < -0.39 is 0 Å². The normalized spacial score (nSPS) is 16.1. The average molecular weight is 134 g/mol. The summed E-state index contributed by atoms with van der Waals surface area (Å²) >= 11 is 4.07. The lowest BCUT2D eigenvalue weighted by atomic mass is 10.2. The molecule has 0 amide bonds. The molecule has 0 aromatic carbocycles. The molecule has 1 unspecified atom stereocenters. The molecule has 0 bridgehead atoms. The molecule has 0 aromatic heterocycles. The van der Waals surface area contributed by atoms with Crippen LogP contribution in [0.3, 0.4) is 0 Å². The quantitative estimate of drug-likeness (QED) is 0.426. The van der Waals surface area contributed by atoms with E-state index in [0.717, 1.165) is 0 Å². The molecular weight excluding hydrogens is 120 g/mol. The summed E-state index contributed by atoms with van der Waals surface area (Å²) in [5.74, 6) is 0. The predicted molar refractivity (Wildman–Crippen MR) is 39.3 cm³/mol. The van der Waals surface area contributed by atoms with Crippen molar-refractivity contribution in [2.24, 2.45) is 0 Å². The number of thiol groups is 1. The van der Waals surface area contributed by atoms with Crippen LogP contribution in [0, 0.1) is 0 Å². The van der Waals surface area contributed by atoms with Crippen LogP contribution < -0.4 is 0 Å². The van der Waals surface area contributed by atoms with Crippen molar-refractivity contribution in [2.45, 2.75) is 38.7 Å². The van der Waals surface area contributed by atoms with Gasteiger partial charge in [0.2, 0.25) is 0 Å². The standard InChI is InChI=1S/C6H14OS/c1-5(8)7-6(2,3)4/h5,8H,1-4H3. The van der Waals surface area contributed by atoms with Crippen LogP contribution in [0.1, 0.15) is 27.7 Å². The van der Waals surface area contributed by atoms with Gasteiger partial charge in [-0.15, -0.1) is 12.6 Å². The first-order valence-electron chi connectivity index (χ1n) is 2.78. The van der Waals surface area contributed by atoms with Crippen molar-refractivity contribution in [3.05, 3.63) is 0 Å². The van der Waals surface area contributed by atoms with E-state index in [9.17, 15) is 0 Å². The number of hydrogen-bond donors (Lipinski definition) is 1. The number of hydrogen-bond acceptors (Lipinski definition) is 2. The van der Waals surface area contributed by atoms with Crippen molar-refractivity contribution in [1.82, 2.24) is 0 Å². The van der Waals surface area contributed by atoms with Crippen molar-refractivity contribution in [3.63, 3.8) is 0 Å². The Kier molecular flexibility index (Phi) is 2.84. The second-order valence-electron chi connectivity index (χ2n) is 2.83. The fraction of sp³-hybridized carbons (Fsp3) is 1.00. The Bertz CT molecular complexity index is 63.4. The third kappa shape index (κ3) is 6.31. The fourth-order valence-corrected chi connectivity index (χ4v) is 0.828. The van der Waals surface area contributed by atoms with Crippen LogP contribution in [-0.2, 0) is 4.74 Å². The second-order valence-corrected chi connectivity index (χ2v) is 3.56. The summed E-state index contributed by atoms with van der Waals surface area (Å²) in [5, 5.41) is 0. The minimum absolute atomic E-state index is 0.0370. The van der Waals surface area contributed by atoms with Crippen LogP contribution >= 0.6 is 12.6 Å². The van der Waals surface area contributed by atoms with E-state index in [4.69, 9.17) is 4.74 Å². The Balaban J connectivity index is 3.39. The van der Waals surface area contributed by atoms with Gasteiger partial charge in [0.1, 0.15) is 0 Å². The van der Waals surface area contributed by atoms with Crippen molar-refractivity contribution < 1.29 is 4.74 Å². The van der Waals surface area contributed by atoms with Gasteiger partial charge in [0, 0.05) is 0 Å². The highest BCUT2D eigenvalue weighted by Crippen LogP contribution is 2.11. The highest BCUT2D eigenvalue weighted by Gasteiger charge is 2.11. The molecule has 0 radical (unpaired) electrons. The van der Waals surface area contributed by atoms with E-state index >= 15 is 0 Å². The first-order chi connectivity index (χ1) is 3.42. The van der Waals surface area contributed by atoms with Crippen LogP contribution in [0.15, 0.2) is 0 Å². The second kappa shape index (κ2) is 2.74. The van der Waals surface area contributed by atoms with Gasteiger partial charge < -0.3 is 4.74 Å². The van der Waals surface area contributed by atoms with Crippen LogP contribution in [-0.4, -0.2) is 11.0 Å². The number of ether oxygens (including phenoxy) is 1. The molecule has 0 rings (SSSR count). The molecule has 0 saturated carbocycles. The summed E-state index contributed by atoms with van der Waals surface area (Å²) < 4.78 is 5.30. The van der Waals surface area contributed by atoms with Gasteiger partial charge in [0.25, 0.3) is 0 Å². The van der Waals surface area contributed by atoms with Crippen LogP contribution in [0.2, 0.25) is 0 Å². The molecule has 0 N–H and O–H groups in total. The molecule has 8 heavy (non-hydrogen) atoms. The minimum Gasteiger partial charge on any atom is -0.363 e. The van der Waals surface area contributed by atoms with Gasteiger partial charge in [-0.2, -0.15) is 0 Å². The molecule has 0 aliphatic carbocycles. The van der Waals surface area contributed by atoms with Gasteiger partial charge in [-0.3, -0.25) is 0 Å². The van der Waals surface area contributed by atoms with Crippen LogP contribution in [0.4, 0.5) is 0 Å². The zero-order valence-electron chi connectivity index (χ0n) is 5.93. The minimum atomic E-state index is -0.0544. The molecule has 0 saturated heterocycles. The molecular formula is C6H14OS. The third-order valence-corrected chi connectivity index (χ3v) is 0.630. The van der Waals surface area contributed by atoms with Gasteiger partial charge in [-0.1, -0.05) is 0 Å². The third-order valence-electron chi connectivity index (χ3n) is 0.524. The molecule has 1 nitrogen and oxygen atoms in total. The molecule has 0 aromatic rings. The highest BCUT2D eigenvalue weighted by molar-refractivity contribution is 7.80. The predicted octanol–water partition coefficient (Wildman–Crippen LogP) is 2.08. The highest BCUT2D eigenvalue weighted by atomic mass is 32.1. The first kappa shape index (κ1) is 8.31. The Morgan fingerprint density at radius 2 is 1.75 bits per heavy atom. The fourth-order valence-electron chi connectivity index (χ4n) is 0.512. The summed E-state index contributed by atoms with van der Waals surface area (Å²) in [7, 11) is 0. The largest absolute Gasteiger partial charge is 0.363 e. The van der Waals surface area contributed by atoms with Crippen molar-refractivity contribution in [1.29, 1.82) is 0 Å². The Morgan fingerprint density at radius 3 is 1.75 bits per heavy atom. The van der Waals surface area contributed by atoms with E-state index in [-0.39, 0.29) is 11.0 Å². The van der Waals surface area contributed by atoms with Gasteiger partial charge in [0.05, 0.1) is 11.0 Å². The van der Waals surface area contributed by atoms with Crippen molar-refractivity contribution in [3.8, 4) is 0 Å². The lowest BCUT2D eigenvalue weighted by Crippen LogP contribution is -2.22. The van der Waals surface area contributed by atoms with Gasteiger partial charge in [-0.25, -0.2) is 0 Å². The van der Waals surface area contributed by atoms with E-state index in [1.807, 2.05) is 27.7 Å². The SMILES string of the molecule is CC(S)OC(C)(C)C. The Hall–Kier alpha value is 0.310. The van der Waals surface area contributed by atoms with E-state index in [1.165, 1.54) is 0 Å². The van der Waals surface area contributed by atoms with Gasteiger partial charge in [-0.05, 0) is 27.7 Å². The summed E-state index contributed by atoms with van der Waals surface area (Å²) in [5.41, 5.74) is -0.0174. The van der Waals surface area contributed by atoms with E-state index in [0.29, 0.717) is 0 Å². The monoisotopic (exact) mass is 134 g/mol. The van der Waals surface area contributed by atoms with Crippen molar-refractivity contribution >= 4 is 12.6 Å². The van der Waals surface area contributed by atoms with Gasteiger partial charge >= 0.3 is 0 Å². The average Bonchev–Trinajstić information content (AvgIpc) is 1.21. The first-order valence-corrected chi connectivity index (χ1v) is 3.29. The lowest BCUT2D eigenvalue weighted by molar-refractivity contribution is -0.0106. The molecule has 2 heteroatoms. The number of rotatable bonds is 1. The summed E-state index contributed by atoms with van der Waals surface area (Å²) in [6.45, 7) is 7.95. The summed E-state index contributed by atoms with van der Waals surface area (Å²) in [4.78, 5) is 0. The van der Waals surface area contributed by atoms with Crippen molar-refractivity contribution in [2.75, 3.05) is 0 Å². The maximum atomic E-state index is 5.30. The maximum absolute atomic E-state index is 5.30. The molecule has 0 heterocycles. The zero-order chi connectivity index (χ0) is 6.78. The lowest BCUT2D eigenvalue weighted by Gasteiger charge is -2.21. The van der Waals surface area contributed by atoms with Crippen LogP contribution in [0.5, 0.6) is 0 Å². The Morgan fingerprint density at radius 1 is 1.38 bits per heavy atom. The smallest absolute Gasteiger partial charge is 0.0978 e. The Labute approximate surface area is 56.8 Å². The molecule has 1 atom stereocenters. The summed E-state index contributed by atoms with van der Waals surface area (Å²) in [6.07, 6.45) is 0. The molecule has 50 valence electrons. The maximum Gasteiger partial charge on any atom is 0.0978 e. The summed E-state index contributed by atoms with van der Waals surface area (Å²) in [6, 6.07) is 0. The van der Waals surface area contributed by atoms with Crippen LogP contribution in [0.25, 0.3) is 0 Å². The molecule has 0 aliphatic heterocycles. The van der Waals surface area contributed by atoms with E-state index in [1.54, 1.807) is 0 Å². The molecule has 0 aliphatic rings.